The summed E-state index contributed by atoms with van der Waals surface area (Å²) in [7, 11) is 0. The first kappa shape index (κ1) is 59.6. The summed E-state index contributed by atoms with van der Waals surface area (Å²) >= 11 is 0. The first-order chi connectivity index (χ1) is 30.6. The fourth-order valence-corrected chi connectivity index (χ4v) is 7.60. The topological polar surface area (TPSA) is 61.8 Å². The smallest absolute Gasteiger partial charge is 0.306 e. The van der Waals surface area contributed by atoms with Crippen molar-refractivity contribution in [3.05, 3.63) is 60.8 Å². The van der Waals surface area contributed by atoms with Crippen molar-refractivity contribution in [2.75, 3.05) is 19.8 Å². The van der Waals surface area contributed by atoms with Crippen molar-refractivity contribution in [2.24, 2.45) is 0 Å². The van der Waals surface area contributed by atoms with Crippen LogP contribution in [0.25, 0.3) is 0 Å². The Labute approximate surface area is 385 Å². The molecule has 0 radical (unpaired) electrons. The summed E-state index contributed by atoms with van der Waals surface area (Å²) < 4.78 is 17.4. The van der Waals surface area contributed by atoms with E-state index in [9.17, 15) is 9.59 Å². The molecule has 0 saturated heterocycles. The van der Waals surface area contributed by atoms with Crippen LogP contribution < -0.4 is 0 Å². The van der Waals surface area contributed by atoms with Crippen LogP contribution in [0.15, 0.2) is 60.8 Å². The number of ether oxygens (including phenoxy) is 3. The van der Waals surface area contributed by atoms with Gasteiger partial charge in [-0.25, -0.2) is 0 Å². The molecular weight excluding hydrogens is 765 g/mol. The van der Waals surface area contributed by atoms with E-state index >= 15 is 0 Å². The Kier molecular flexibility index (Phi) is 50.9. The number of carbonyl (C=O) groups is 2. The Morgan fingerprint density at radius 1 is 0.371 bits per heavy atom. The molecule has 0 rings (SSSR count). The van der Waals surface area contributed by atoms with E-state index in [1.807, 2.05) is 0 Å². The Morgan fingerprint density at radius 3 is 1.16 bits per heavy atom. The molecule has 0 amide bonds. The van der Waals surface area contributed by atoms with Gasteiger partial charge in [-0.2, -0.15) is 0 Å². The predicted molar refractivity (Wildman–Crippen MR) is 270 cm³/mol. The molecular formula is C57H102O5. The molecule has 0 aliphatic rings. The first-order valence-corrected chi connectivity index (χ1v) is 26.8. The molecule has 0 heterocycles. The molecule has 1 atom stereocenters. The summed E-state index contributed by atoms with van der Waals surface area (Å²) in [5.41, 5.74) is 0. The minimum absolute atomic E-state index is 0.0779. The third-order valence-electron chi connectivity index (χ3n) is 11.6. The van der Waals surface area contributed by atoms with Crippen molar-refractivity contribution in [2.45, 2.75) is 271 Å². The van der Waals surface area contributed by atoms with Gasteiger partial charge >= 0.3 is 11.9 Å². The lowest BCUT2D eigenvalue weighted by Crippen LogP contribution is -2.30. The zero-order valence-electron chi connectivity index (χ0n) is 41.4. The molecule has 0 aromatic heterocycles. The van der Waals surface area contributed by atoms with Gasteiger partial charge in [0, 0.05) is 19.4 Å². The zero-order chi connectivity index (χ0) is 44.9. The SMILES string of the molecule is CC/C=C\C/C=C\C/C=C\C/C=C\C/C=C\CCCCCCOCC(COC(=O)CCCCCCCCCCCCCCCCCCC)OC(=O)CCCCCCCCCCC. The Bertz CT molecular complexity index is 1070. The minimum atomic E-state index is -0.545. The van der Waals surface area contributed by atoms with Gasteiger partial charge in [0.2, 0.25) is 0 Å². The van der Waals surface area contributed by atoms with Crippen molar-refractivity contribution < 1.29 is 23.8 Å². The highest BCUT2D eigenvalue weighted by atomic mass is 16.6. The van der Waals surface area contributed by atoms with Gasteiger partial charge in [-0.1, -0.05) is 248 Å². The summed E-state index contributed by atoms with van der Waals surface area (Å²) in [5, 5.41) is 0. The Morgan fingerprint density at radius 2 is 0.726 bits per heavy atom. The van der Waals surface area contributed by atoms with Gasteiger partial charge in [-0.05, 0) is 64.2 Å². The average molecular weight is 867 g/mol. The Balaban J connectivity index is 4.20. The maximum Gasteiger partial charge on any atom is 0.306 e. The van der Waals surface area contributed by atoms with Gasteiger partial charge in [0.25, 0.3) is 0 Å². The van der Waals surface area contributed by atoms with Crippen LogP contribution in [0, 0.1) is 0 Å². The van der Waals surface area contributed by atoms with E-state index < -0.39 is 6.10 Å². The van der Waals surface area contributed by atoms with Crippen LogP contribution in [0.1, 0.15) is 265 Å². The highest BCUT2D eigenvalue weighted by molar-refractivity contribution is 5.70. The average Bonchev–Trinajstić information content (AvgIpc) is 3.27. The molecule has 0 aromatic rings. The molecule has 0 aromatic carbocycles. The molecule has 0 saturated carbocycles. The van der Waals surface area contributed by atoms with Crippen LogP contribution in [0.5, 0.6) is 0 Å². The molecule has 0 aliphatic heterocycles. The molecule has 0 fully saturated rings. The summed E-state index contributed by atoms with van der Waals surface area (Å²) in [6.07, 6.45) is 66.7. The van der Waals surface area contributed by atoms with Gasteiger partial charge in [-0.15, -0.1) is 0 Å². The van der Waals surface area contributed by atoms with Crippen LogP contribution in [-0.2, 0) is 23.8 Å². The minimum Gasteiger partial charge on any atom is -0.462 e. The van der Waals surface area contributed by atoms with Crippen molar-refractivity contribution in [3.63, 3.8) is 0 Å². The molecule has 5 nitrogen and oxygen atoms in total. The van der Waals surface area contributed by atoms with Crippen molar-refractivity contribution in [1.82, 2.24) is 0 Å². The fraction of sp³-hybridized carbons (Fsp3) is 0.789. The summed E-state index contributed by atoms with van der Waals surface area (Å²) in [5.74, 6) is -0.403. The maximum atomic E-state index is 12.7. The quantitative estimate of drug-likeness (QED) is 0.0346. The van der Waals surface area contributed by atoms with E-state index in [4.69, 9.17) is 14.2 Å². The monoisotopic (exact) mass is 867 g/mol. The third-order valence-corrected chi connectivity index (χ3v) is 11.6. The van der Waals surface area contributed by atoms with Crippen LogP contribution in [-0.4, -0.2) is 37.9 Å². The van der Waals surface area contributed by atoms with Crippen LogP contribution in [0.2, 0.25) is 0 Å². The summed E-state index contributed by atoms with van der Waals surface area (Å²) in [6, 6.07) is 0. The van der Waals surface area contributed by atoms with E-state index in [2.05, 4.69) is 81.5 Å². The molecule has 0 spiro atoms. The Hall–Kier alpha value is -2.40. The van der Waals surface area contributed by atoms with Gasteiger partial charge in [0.1, 0.15) is 6.61 Å². The van der Waals surface area contributed by atoms with Crippen molar-refractivity contribution in [3.8, 4) is 0 Å². The van der Waals surface area contributed by atoms with Crippen LogP contribution in [0.3, 0.4) is 0 Å². The molecule has 0 bridgehead atoms. The van der Waals surface area contributed by atoms with Gasteiger partial charge in [0.05, 0.1) is 6.61 Å². The van der Waals surface area contributed by atoms with Gasteiger partial charge < -0.3 is 14.2 Å². The van der Waals surface area contributed by atoms with E-state index in [0.29, 0.717) is 19.4 Å². The first-order valence-electron chi connectivity index (χ1n) is 26.8. The van der Waals surface area contributed by atoms with Crippen LogP contribution in [0.4, 0.5) is 0 Å². The molecule has 1 unspecified atom stereocenters. The predicted octanol–water partition coefficient (Wildman–Crippen LogP) is 18.1. The number of unbranched alkanes of at least 4 members (excludes halogenated alkanes) is 28. The molecule has 360 valence electrons. The highest BCUT2D eigenvalue weighted by Crippen LogP contribution is 2.16. The summed E-state index contributed by atoms with van der Waals surface area (Å²) in [4.78, 5) is 25.3. The van der Waals surface area contributed by atoms with Crippen molar-refractivity contribution in [1.29, 1.82) is 0 Å². The van der Waals surface area contributed by atoms with Gasteiger partial charge in [0.15, 0.2) is 6.10 Å². The second-order valence-corrected chi connectivity index (χ2v) is 17.8. The standard InChI is InChI=1S/C57H102O5/c1-4-7-10-13-16-19-21-23-25-27-28-29-31-33-35-37-40-43-46-49-52-60-53-55(62-57(59)51-48-45-42-38-18-15-12-9-6-3)54-61-56(58)50-47-44-41-39-36-34-32-30-26-24-22-20-17-14-11-8-5-2/h7,10,16,19,23,25,28-29,33,35,55H,4-6,8-9,11-15,17-18,20-22,24,26-27,30-32,34,36-54H2,1-3H3/b10-7-,19-16-,25-23-,29-28-,35-33-. The van der Waals surface area contributed by atoms with E-state index in [1.165, 1.54) is 154 Å². The maximum absolute atomic E-state index is 12.7. The summed E-state index contributed by atoms with van der Waals surface area (Å²) in [6.45, 7) is 7.68. The second-order valence-electron chi connectivity index (χ2n) is 17.8. The second kappa shape index (κ2) is 52.9. The largest absolute Gasteiger partial charge is 0.462 e. The number of hydrogen-bond donors (Lipinski definition) is 0. The van der Waals surface area contributed by atoms with E-state index in [-0.39, 0.29) is 25.2 Å². The number of hydrogen-bond acceptors (Lipinski definition) is 5. The molecule has 5 heteroatoms. The van der Waals surface area contributed by atoms with E-state index in [1.54, 1.807) is 0 Å². The normalized spacial score (nSPS) is 12.6. The number of esters is 2. The molecule has 0 N–H and O–H groups in total. The third kappa shape index (κ3) is 50.2. The number of carbonyl (C=O) groups excluding carboxylic acids is 2. The lowest BCUT2D eigenvalue weighted by atomic mass is 10.0. The lowest BCUT2D eigenvalue weighted by molar-refractivity contribution is -0.163. The fourth-order valence-electron chi connectivity index (χ4n) is 7.60. The number of rotatable bonds is 49. The van der Waals surface area contributed by atoms with E-state index in [0.717, 1.165) is 77.0 Å². The van der Waals surface area contributed by atoms with Gasteiger partial charge in [-0.3, -0.25) is 9.59 Å². The molecule has 62 heavy (non-hydrogen) atoms. The molecule has 0 aliphatic carbocycles. The number of allylic oxidation sites excluding steroid dienone is 10. The zero-order valence-corrected chi connectivity index (χ0v) is 41.4. The lowest BCUT2D eigenvalue weighted by Gasteiger charge is -2.18. The van der Waals surface area contributed by atoms with Crippen molar-refractivity contribution >= 4 is 11.9 Å². The van der Waals surface area contributed by atoms with Crippen LogP contribution >= 0.6 is 0 Å². The highest BCUT2D eigenvalue weighted by Gasteiger charge is 2.17.